The fraction of sp³-hybridized carbons (Fsp3) is 0.308. The predicted octanol–water partition coefficient (Wildman–Crippen LogP) is 3.86. The minimum atomic E-state index is 0.166. The van der Waals surface area contributed by atoms with Crippen LogP contribution in [-0.2, 0) is 0 Å². The van der Waals surface area contributed by atoms with E-state index < -0.39 is 0 Å². The molecule has 1 atom stereocenters. The average molecular weight is 292 g/mol. The summed E-state index contributed by atoms with van der Waals surface area (Å²) in [6.45, 7) is 4.28. The lowest BCUT2D eigenvalue weighted by Gasteiger charge is -2.03. The normalized spacial score (nSPS) is 12.8. The van der Waals surface area contributed by atoms with Crippen LogP contribution in [0.2, 0.25) is 5.28 Å². The highest BCUT2D eigenvalue weighted by molar-refractivity contribution is 6.28. The third-order valence-electron chi connectivity index (χ3n) is 3.26. The summed E-state index contributed by atoms with van der Waals surface area (Å²) < 4.78 is 5.37. The molecular formula is C13H14ClN5O. The lowest BCUT2D eigenvalue weighted by atomic mass is 10.1. The number of H-pyrrole nitrogens is 1. The highest BCUT2D eigenvalue weighted by Crippen LogP contribution is 2.26. The van der Waals surface area contributed by atoms with Crippen LogP contribution in [0.4, 0.5) is 11.6 Å². The maximum atomic E-state index is 5.89. The van der Waals surface area contributed by atoms with Crippen LogP contribution < -0.4 is 5.32 Å². The highest BCUT2D eigenvalue weighted by Gasteiger charge is 2.12. The number of hydrogen-bond donors (Lipinski definition) is 2. The summed E-state index contributed by atoms with van der Waals surface area (Å²) in [6, 6.07) is 3.70. The standard InChI is InChI=1S/C13H14ClN5O/c1-3-7(2)9-6-10(19-18-9)16-12-11-8(4-5-20-11)15-13(14)17-12/h4-7H,3H2,1-2H3,(H2,15,16,17,18,19). The lowest BCUT2D eigenvalue weighted by molar-refractivity contribution is 0.615. The molecule has 0 spiro atoms. The Morgan fingerprint density at radius 2 is 2.30 bits per heavy atom. The van der Waals surface area contributed by atoms with E-state index in [4.69, 9.17) is 16.0 Å². The van der Waals surface area contributed by atoms with E-state index in [0.717, 1.165) is 12.1 Å². The minimum absolute atomic E-state index is 0.166. The quantitative estimate of drug-likeness (QED) is 0.714. The van der Waals surface area contributed by atoms with Gasteiger partial charge in [0.05, 0.1) is 6.26 Å². The Morgan fingerprint density at radius 3 is 3.10 bits per heavy atom. The van der Waals surface area contributed by atoms with E-state index in [-0.39, 0.29) is 5.28 Å². The molecule has 0 radical (unpaired) electrons. The van der Waals surface area contributed by atoms with Crippen LogP contribution in [-0.4, -0.2) is 20.2 Å². The molecule has 0 aliphatic heterocycles. The van der Waals surface area contributed by atoms with E-state index >= 15 is 0 Å². The Kier molecular flexibility index (Phi) is 3.31. The van der Waals surface area contributed by atoms with E-state index in [1.54, 1.807) is 12.3 Å². The zero-order valence-corrected chi connectivity index (χ0v) is 11.9. The van der Waals surface area contributed by atoms with E-state index in [1.165, 1.54) is 0 Å². The monoisotopic (exact) mass is 291 g/mol. The molecule has 0 bridgehead atoms. The minimum Gasteiger partial charge on any atom is -0.459 e. The van der Waals surface area contributed by atoms with Crippen LogP contribution >= 0.6 is 11.6 Å². The second-order valence-corrected chi connectivity index (χ2v) is 4.96. The molecule has 0 aliphatic carbocycles. The number of furan rings is 1. The fourth-order valence-electron chi connectivity index (χ4n) is 1.91. The smallest absolute Gasteiger partial charge is 0.225 e. The summed E-state index contributed by atoms with van der Waals surface area (Å²) in [5, 5.41) is 10.5. The van der Waals surface area contributed by atoms with Crippen molar-refractivity contribution >= 4 is 34.3 Å². The van der Waals surface area contributed by atoms with Crippen molar-refractivity contribution in [2.75, 3.05) is 5.32 Å². The molecular weight excluding hydrogens is 278 g/mol. The van der Waals surface area contributed by atoms with Gasteiger partial charge in [0.1, 0.15) is 5.52 Å². The number of aromatic amines is 1. The van der Waals surface area contributed by atoms with E-state index in [0.29, 0.717) is 28.7 Å². The zero-order chi connectivity index (χ0) is 14.1. The number of nitrogens with zero attached hydrogens (tertiary/aromatic N) is 3. The van der Waals surface area contributed by atoms with Crippen LogP contribution in [0.25, 0.3) is 11.1 Å². The van der Waals surface area contributed by atoms with Crippen molar-refractivity contribution in [2.24, 2.45) is 0 Å². The molecule has 0 saturated carbocycles. The molecule has 0 aliphatic rings. The number of nitrogens with one attached hydrogen (secondary N) is 2. The van der Waals surface area contributed by atoms with Crippen LogP contribution in [0.1, 0.15) is 31.9 Å². The van der Waals surface area contributed by atoms with Crippen molar-refractivity contribution in [3.8, 4) is 0 Å². The molecule has 2 N–H and O–H groups in total. The summed E-state index contributed by atoms with van der Waals surface area (Å²) in [6.07, 6.45) is 2.60. The first kappa shape index (κ1) is 12.9. The zero-order valence-electron chi connectivity index (χ0n) is 11.1. The van der Waals surface area contributed by atoms with E-state index in [9.17, 15) is 0 Å². The van der Waals surface area contributed by atoms with Crippen molar-refractivity contribution in [1.82, 2.24) is 20.2 Å². The summed E-state index contributed by atoms with van der Waals surface area (Å²) in [5.41, 5.74) is 2.29. The Bertz CT molecular complexity index is 735. The van der Waals surface area contributed by atoms with Gasteiger partial charge >= 0.3 is 0 Å². The average Bonchev–Trinajstić information content (AvgIpc) is 3.06. The molecule has 7 heteroatoms. The number of hydrogen-bond acceptors (Lipinski definition) is 5. The van der Waals surface area contributed by atoms with Gasteiger partial charge in [0.2, 0.25) is 5.28 Å². The van der Waals surface area contributed by atoms with Gasteiger partial charge < -0.3 is 9.73 Å². The number of rotatable bonds is 4. The Morgan fingerprint density at radius 1 is 1.45 bits per heavy atom. The number of aromatic nitrogens is 4. The van der Waals surface area contributed by atoms with Gasteiger partial charge in [0, 0.05) is 17.8 Å². The molecule has 104 valence electrons. The number of fused-ring (bicyclic) bond motifs is 1. The van der Waals surface area contributed by atoms with Gasteiger partial charge in [0.15, 0.2) is 17.2 Å². The number of anilines is 2. The summed E-state index contributed by atoms with van der Waals surface area (Å²) in [4.78, 5) is 8.22. The van der Waals surface area contributed by atoms with E-state index in [2.05, 4.69) is 39.3 Å². The number of halogens is 1. The highest BCUT2D eigenvalue weighted by atomic mass is 35.5. The molecule has 0 saturated heterocycles. The van der Waals surface area contributed by atoms with Crippen molar-refractivity contribution in [2.45, 2.75) is 26.2 Å². The topological polar surface area (TPSA) is 79.6 Å². The van der Waals surface area contributed by atoms with Crippen LogP contribution in [0, 0.1) is 0 Å². The van der Waals surface area contributed by atoms with Crippen molar-refractivity contribution < 1.29 is 4.42 Å². The second-order valence-electron chi connectivity index (χ2n) is 4.62. The molecule has 3 aromatic heterocycles. The van der Waals surface area contributed by atoms with Gasteiger partial charge in [-0.15, -0.1) is 0 Å². The summed E-state index contributed by atoms with van der Waals surface area (Å²) >= 11 is 5.89. The van der Waals surface area contributed by atoms with Crippen molar-refractivity contribution in [3.63, 3.8) is 0 Å². The molecule has 3 rings (SSSR count). The van der Waals surface area contributed by atoms with Gasteiger partial charge in [-0.3, -0.25) is 5.10 Å². The molecule has 0 fully saturated rings. The molecule has 0 amide bonds. The van der Waals surface area contributed by atoms with Gasteiger partial charge in [-0.2, -0.15) is 10.1 Å². The van der Waals surface area contributed by atoms with Crippen LogP contribution in [0.5, 0.6) is 0 Å². The Balaban J connectivity index is 1.93. The largest absolute Gasteiger partial charge is 0.459 e. The lowest BCUT2D eigenvalue weighted by Crippen LogP contribution is -1.96. The molecule has 0 aromatic carbocycles. The van der Waals surface area contributed by atoms with Crippen molar-refractivity contribution in [1.29, 1.82) is 0 Å². The van der Waals surface area contributed by atoms with Crippen molar-refractivity contribution in [3.05, 3.63) is 29.4 Å². The predicted molar refractivity (Wildman–Crippen MR) is 77.4 cm³/mol. The molecule has 6 nitrogen and oxygen atoms in total. The van der Waals surface area contributed by atoms with Gasteiger partial charge in [-0.25, -0.2) is 4.98 Å². The molecule has 3 aromatic rings. The summed E-state index contributed by atoms with van der Waals surface area (Å²) in [5.74, 6) is 1.61. The first-order chi connectivity index (χ1) is 9.67. The van der Waals surface area contributed by atoms with Gasteiger partial charge in [-0.1, -0.05) is 13.8 Å². The Hall–Kier alpha value is -2.08. The van der Waals surface area contributed by atoms with Crippen LogP contribution in [0.3, 0.4) is 0 Å². The van der Waals surface area contributed by atoms with Gasteiger partial charge in [0.25, 0.3) is 0 Å². The van der Waals surface area contributed by atoms with Crippen LogP contribution in [0.15, 0.2) is 22.8 Å². The Labute approximate surface area is 120 Å². The summed E-state index contributed by atoms with van der Waals surface area (Å²) in [7, 11) is 0. The first-order valence-electron chi connectivity index (χ1n) is 6.40. The molecule has 1 unspecified atom stereocenters. The fourth-order valence-corrected chi connectivity index (χ4v) is 2.09. The third-order valence-corrected chi connectivity index (χ3v) is 3.43. The SMILES string of the molecule is CCC(C)c1cc(Nc2nc(Cl)nc3ccoc23)n[nH]1. The molecule has 3 heterocycles. The maximum absolute atomic E-state index is 5.89. The van der Waals surface area contributed by atoms with E-state index in [1.807, 2.05) is 6.07 Å². The first-order valence-corrected chi connectivity index (χ1v) is 6.78. The second kappa shape index (κ2) is 5.13. The maximum Gasteiger partial charge on any atom is 0.225 e. The van der Waals surface area contributed by atoms with Gasteiger partial charge in [-0.05, 0) is 23.9 Å². The molecule has 20 heavy (non-hydrogen) atoms. The third kappa shape index (κ3) is 2.34.